The number of aryl methyl sites for hydroxylation is 1. The molecule has 0 bridgehead atoms. The summed E-state index contributed by atoms with van der Waals surface area (Å²) in [7, 11) is -3.71. The van der Waals surface area contributed by atoms with Crippen molar-refractivity contribution in [1.29, 1.82) is 0 Å². The molecule has 168 valence electrons. The number of aromatic nitrogens is 4. The molecule has 1 amide bonds. The molecule has 10 heteroatoms. The summed E-state index contributed by atoms with van der Waals surface area (Å²) in [4.78, 5) is 31.1. The molecule has 4 rings (SSSR count). The zero-order chi connectivity index (χ0) is 23.6. The molecule has 3 aromatic heterocycles. The van der Waals surface area contributed by atoms with Gasteiger partial charge < -0.3 is 4.90 Å². The number of fused-ring (bicyclic) bond motifs is 1. The van der Waals surface area contributed by atoms with Crippen molar-refractivity contribution in [3.8, 4) is 0 Å². The number of hydrogen-bond donors (Lipinski definition) is 0. The SMILES string of the molecule is Cc1nc2cc(CN(C(=O)Cc3ncccn3)c3cccnc3S(C)(=O)=O)ccc2cc1F. The van der Waals surface area contributed by atoms with Crippen molar-refractivity contribution >= 4 is 32.3 Å². The molecule has 0 saturated carbocycles. The van der Waals surface area contributed by atoms with Crippen LogP contribution in [0.25, 0.3) is 10.9 Å². The van der Waals surface area contributed by atoms with Gasteiger partial charge in [0.05, 0.1) is 29.9 Å². The van der Waals surface area contributed by atoms with Crippen molar-refractivity contribution in [3.63, 3.8) is 0 Å². The zero-order valence-electron chi connectivity index (χ0n) is 17.9. The van der Waals surface area contributed by atoms with Crippen molar-refractivity contribution in [2.75, 3.05) is 11.2 Å². The van der Waals surface area contributed by atoms with E-state index >= 15 is 0 Å². The van der Waals surface area contributed by atoms with Gasteiger partial charge in [-0.2, -0.15) is 0 Å². The molecule has 0 aliphatic heterocycles. The zero-order valence-corrected chi connectivity index (χ0v) is 18.8. The van der Waals surface area contributed by atoms with Gasteiger partial charge in [0.1, 0.15) is 11.6 Å². The molecule has 0 radical (unpaired) electrons. The van der Waals surface area contributed by atoms with Crippen LogP contribution < -0.4 is 4.90 Å². The smallest absolute Gasteiger partial charge is 0.235 e. The Bertz CT molecular complexity index is 1450. The normalized spacial score (nSPS) is 11.5. The summed E-state index contributed by atoms with van der Waals surface area (Å²) in [5.74, 6) is -0.492. The van der Waals surface area contributed by atoms with E-state index in [1.807, 2.05) is 0 Å². The fourth-order valence-electron chi connectivity index (χ4n) is 3.40. The quantitative estimate of drug-likeness (QED) is 0.431. The summed E-state index contributed by atoms with van der Waals surface area (Å²) in [6, 6.07) is 11.3. The molecule has 0 aliphatic carbocycles. The van der Waals surface area contributed by atoms with Crippen LogP contribution in [-0.2, 0) is 27.6 Å². The Labute approximate surface area is 190 Å². The van der Waals surface area contributed by atoms with Crippen LogP contribution in [0.3, 0.4) is 0 Å². The van der Waals surface area contributed by atoms with E-state index < -0.39 is 21.6 Å². The highest BCUT2D eigenvalue weighted by molar-refractivity contribution is 7.90. The van der Waals surface area contributed by atoms with Crippen molar-refractivity contribution in [2.45, 2.75) is 24.9 Å². The number of amides is 1. The van der Waals surface area contributed by atoms with Gasteiger partial charge in [-0.15, -0.1) is 0 Å². The monoisotopic (exact) mass is 465 g/mol. The number of benzene rings is 1. The van der Waals surface area contributed by atoms with E-state index in [0.29, 0.717) is 22.3 Å². The van der Waals surface area contributed by atoms with Gasteiger partial charge in [0.15, 0.2) is 14.9 Å². The molecule has 1 aromatic carbocycles. The Morgan fingerprint density at radius 2 is 1.76 bits per heavy atom. The Hall–Kier alpha value is -3.79. The summed E-state index contributed by atoms with van der Waals surface area (Å²) in [6.07, 6.45) is 5.33. The van der Waals surface area contributed by atoms with Crippen LogP contribution in [0.5, 0.6) is 0 Å². The molecule has 0 atom stereocenters. The topological polar surface area (TPSA) is 106 Å². The minimum absolute atomic E-state index is 0.0495. The molecule has 0 saturated heterocycles. The lowest BCUT2D eigenvalue weighted by atomic mass is 10.1. The van der Waals surface area contributed by atoms with Crippen LogP contribution in [0.4, 0.5) is 10.1 Å². The van der Waals surface area contributed by atoms with Gasteiger partial charge in [-0.1, -0.05) is 12.1 Å². The summed E-state index contributed by atoms with van der Waals surface area (Å²) in [5.41, 5.74) is 1.68. The van der Waals surface area contributed by atoms with E-state index in [9.17, 15) is 17.6 Å². The molecule has 0 unspecified atom stereocenters. The van der Waals surface area contributed by atoms with Crippen LogP contribution in [0.15, 0.2) is 66.1 Å². The van der Waals surface area contributed by atoms with Crippen molar-refractivity contribution < 1.29 is 17.6 Å². The molecule has 0 spiro atoms. The van der Waals surface area contributed by atoms with Crippen molar-refractivity contribution in [1.82, 2.24) is 19.9 Å². The van der Waals surface area contributed by atoms with Gasteiger partial charge in [-0.05, 0) is 42.8 Å². The summed E-state index contributed by atoms with van der Waals surface area (Å²) in [6.45, 7) is 1.62. The van der Waals surface area contributed by atoms with Gasteiger partial charge in [0.25, 0.3) is 0 Å². The molecular formula is C23H20FN5O3S. The third-order valence-corrected chi connectivity index (χ3v) is 5.99. The molecule has 0 aliphatic rings. The molecule has 4 aromatic rings. The number of rotatable bonds is 6. The van der Waals surface area contributed by atoms with Gasteiger partial charge in [-0.25, -0.2) is 27.8 Å². The van der Waals surface area contributed by atoms with Gasteiger partial charge in [0.2, 0.25) is 5.91 Å². The first kappa shape index (κ1) is 22.4. The number of halogens is 1. The number of anilines is 1. The molecule has 0 N–H and O–H groups in total. The van der Waals surface area contributed by atoms with E-state index in [1.54, 1.807) is 37.3 Å². The standard InChI is InChI=1S/C23H20FN5O3S/c1-15-18(24)12-17-7-6-16(11-19(17)28-15)14-29(22(30)13-21-25-9-4-10-26-21)20-5-3-8-27-23(20)33(2,31)32/h3-12H,13-14H2,1-2H3. The molecule has 8 nitrogen and oxygen atoms in total. The molecule has 33 heavy (non-hydrogen) atoms. The Morgan fingerprint density at radius 1 is 1.03 bits per heavy atom. The number of carbonyl (C=O) groups excluding carboxylic acids is 1. The molecular weight excluding hydrogens is 445 g/mol. The van der Waals surface area contributed by atoms with Gasteiger partial charge >= 0.3 is 0 Å². The minimum atomic E-state index is -3.71. The van der Waals surface area contributed by atoms with Gasteiger partial charge in [-0.3, -0.25) is 9.78 Å². The molecule has 0 fully saturated rings. The lowest BCUT2D eigenvalue weighted by Crippen LogP contribution is -2.33. The van der Waals surface area contributed by atoms with E-state index in [2.05, 4.69) is 19.9 Å². The number of pyridine rings is 2. The first-order valence-corrected chi connectivity index (χ1v) is 11.9. The van der Waals surface area contributed by atoms with E-state index in [-0.39, 0.29) is 29.4 Å². The highest BCUT2D eigenvalue weighted by Gasteiger charge is 2.25. The minimum Gasteiger partial charge on any atom is -0.305 e. The predicted octanol–water partition coefficient (Wildman–Crippen LogP) is 3.05. The predicted molar refractivity (Wildman–Crippen MR) is 121 cm³/mol. The van der Waals surface area contributed by atoms with Crippen LogP contribution >= 0.6 is 0 Å². The summed E-state index contributed by atoms with van der Waals surface area (Å²) >= 11 is 0. The van der Waals surface area contributed by atoms with Gasteiger partial charge in [0, 0.05) is 30.2 Å². The van der Waals surface area contributed by atoms with E-state index in [4.69, 9.17) is 0 Å². The first-order chi connectivity index (χ1) is 15.7. The maximum Gasteiger partial charge on any atom is 0.235 e. The fraction of sp³-hybridized carbons (Fsp3) is 0.174. The maximum absolute atomic E-state index is 13.9. The Balaban J connectivity index is 1.77. The third kappa shape index (κ3) is 5.01. The number of nitrogens with zero attached hydrogens (tertiary/aromatic N) is 5. The average molecular weight is 466 g/mol. The summed E-state index contributed by atoms with van der Waals surface area (Å²) < 4.78 is 38.6. The van der Waals surface area contributed by atoms with Crippen molar-refractivity contribution in [3.05, 3.63) is 84.0 Å². The van der Waals surface area contributed by atoms with Crippen LogP contribution in [0, 0.1) is 12.7 Å². The van der Waals surface area contributed by atoms with E-state index in [1.165, 1.54) is 35.6 Å². The third-order valence-electron chi connectivity index (χ3n) is 4.97. The number of hydrogen-bond acceptors (Lipinski definition) is 7. The average Bonchev–Trinajstić information content (AvgIpc) is 2.78. The lowest BCUT2D eigenvalue weighted by Gasteiger charge is -2.24. The Kier molecular flexibility index (Phi) is 6.10. The highest BCUT2D eigenvalue weighted by Crippen LogP contribution is 2.26. The largest absolute Gasteiger partial charge is 0.305 e. The second-order valence-corrected chi connectivity index (χ2v) is 9.44. The van der Waals surface area contributed by atoms with E-state index in [0.717, 1.165) is 6.26 Å². The second-order valence-electron chi connectivity index (χ2n) is 7.50. The fourth-order valence-corrected chi connectivity index (χ4v) is 4.21. The first-order valence-electron chi connectivity index (χ1n) is 9.99. The van der Waals surface area contributed by atoms with Crippen LogP contribution in [0.2, 0.25) is 0 Å². The highest BCUT2D eigenvalue weighted by atomic mass is 32.2. The Morgan fingerprint density at radius 3 is 2.48 bits per heavy atom. The maximum atomic E-state index is 13.9. The van der Waals surface area contributed by atoms with Crippen LogP contribution in [-0.4, -0.2) is 40.5 Å². The van der Waals surface area contributed by atoms with Crippen molar-refractivity contribution in [2.24, 2.45) is 0 Å². The van der Waals surface area contributed by atoms with Crippen LogP contribution in [0.1, 0.15) is 17.1 Å². The molecule has 3 heterocycles. The number of sulfone groups is 1. The lowest BCUT2D eigenvalue weighted by molar-refractivity contribution is -0.118. The summed E-state index contributed by atoms with van der Waals surface area (Å²) in [5, 5.41) is 0.416. The second kappa shape index (κ2) is 8.99. The number of carbonyl (C=O) groups is 1.